The summed E-state index contributed by atoms with van der Waals surface area (Å²) in [6.07, 6.45) is 0.216. The molecule has 0 saturated carbocycles. The molecule has 1 fully saturated rings. The monoisotopic (exact) mass is 397 g/mol. The number of ether oxygens (including phenoxy) is 2. The van der Waals surface area contributed by atoms with Crippen LogP contribution in [-0.4, -0.2) is 74.7 Å². The van der Waals surface area contributed by atoms with Gasteiger partial charge in [0, 0.05) is 57.2 Å². The summed E-state index contributed by atoms with van der Waals surface area (Å²) >= 11 is 6.09. The first-order valence-corrected chi connectivity index (χ1v) is 9.48. The molecule has 0 aliphatic carbocycles. The largest absolute Gasteiger partial charge is 0.495 e. The van der Waals surface area contributed by atoms with Crippen LogP contribution in [0, 0.1) is 6.92 Å². The second-order valence-electron chi connectivity index (χ2n) is 6.56. The second kappa shape index (κ2) is 10.5. The van der Waals surface area contributed by atoms with Gasteiger partial charge >= 0.3 is 0 Å². The third-order valence-corrected chi connectivity index (χ3v) is 5.01. The molecule has 0 atom stereocenters. The van der Waals surface area contributed by atoms with Gasteiger partial charge in [-0.1, -0.05) is 11.6 Å². The Balaban J connectivity index is 1.86. The maximum atomic E-state index is 12.3. The van der Waals surface area contributed by atoms with Gasteiger partial charge in [-0.05, 0) is 18.6 Å². The van der Waals surface area contributed by atoms with Crippen molar-refractivity contribution in [2.24, 2.45) is 0 Å². The number of carbonyl (C=O) groups excluding carboxylic acids is 2. The van der Waals surface area contributed by atoms with Crippen LogP contribution >= 0.6 is 11.6 Å². The summed E-state index contributed by atoms with van der Waals surface area (Å²) in [6, 6.07) is 3.46. The number of hydrogen-bond acceptors (Lipinski definition) is 5. The molecule has 8 heteroatoms. The molecular formula is C19H28ClN3O4. The highest BCUT2D eigenvalue weighted by molar-refractivity contribution is 6.31. The SMILES string of the molecule is COc1cc(Cl)c(C)cc1NC(=O)CCN(CCN1CCOCC1)C(C)=O. The number of anilines is 1. The van der Waals surface area contributed by atoms with Gasteiger partial charge in [-0.2, -0.15) is 0 Å². The Bertz CT molecular complexity index is 663. The molecule has 150 valence electrons. The van der Waals surface area contributed by atoms with E-state index >= 15 is 0 Å². The standard InChI is InChI=1S/C19H28ClN3O4/c1-14-12-17(18(26-3)13-16(14)20)21-19(25)4-5-23(15(2)24)7-6-22-8-10-27-11-9-22/h12-13H,4-11H2,1-3H3,(H,21,25). The van der Waals surface area contributed by atoms with Gasteiger partial charge in [-0.15, -0.1) is 0 Å². The van der Waals surface area contributed by atoms with E-state index in [-0.39, 0.29) is 18.2 Å². The van der Waals surface area contributed by atoms with Gasteiger partial charge in [0.2, 0.25) is 11.8 Å². The van der Waals surface area contributed by atoms with E-state index in [2.05, 4.69) is 10.2 Å². The average Bonchev–Trinajstić information content (AvgIpc) is 2.65. The van der Waals surface area contributed by atoms with E-state index in [0.29, 0.717) is 29.5 Å². The maximum absolute atomic E-state index is 12.3. The lowest BCUT2D eigenvalue weighted by Gasteiger charge is -2.29. The molecule has 0 bridgehead atoms. The Morgan fingerprint density at radius 1 is 1.30 bits per heavy atom. The first-order chi connectivity index (χ1) is 12.9. The second-order valence-corrected chi connectivity index (χ2v) is 6.97. The molecule has 1 heterocycles. The van der Waals surface area contributed by atoms with E-state index in [1.54, 1.807) is 17.0 Å². The predicted molar refractivity (Wildman–Crippen MR) is 106 cm³/mol. The van der Waals surface area contributed by atoms with Crippen LogP contribution in [-0.2, 0) is 14.3 Å². The topological polar surface area (TPSA) is 71.1 Å². The lowest BCUT2D eigenvalue weighted by atomic mass is 10.2. The van der Waals surface area contributed by atoms with Gasteiger partial charge in [0.15, 0.2) is 0 Å². The molecule has 1 aliphatic rings. The summed E-state index contributed by atoms with van der Waals surface area (Å²) < 4.78 is 10.6. The van der Waals surface area contributed by atoms with Gasteiger partial charge in [-0.25, -0.2) is 0 Å². The molecule has 0 unspecified atom stereocenters. The summed E-state index contributed by atoms with van der Waals surface area (Å²) in [4.78, 5) is 28.2. The van der Waals surface area contributed by atoms with Gasteiger partial charge in [0.25, 0.3) is 0 Å². The smallest absolute Gasteiger partial charge is 0.226 e. The highest BCUT2D eigenvalue weighted by Crippen LogP contribution is 2.30. The van der Waals surface area contributed by atoms with E-state index < -0.39 is 0 Å². The highest BCUT2D eigenvalue weighted by atomic mass is 35.5. The number of methoxy groups -OCH3 is 1. The average molecular weight is 398 g/mol. The van der Waals surface area contributed by atoms with Crippen molar-refractivity contribution < 1.29 is 19.1 Å². The molecule has 2 amide bonds. The Morgan fingerprint density at radius 2 is 2.00 bits per heavy atom. The number of rotatable bonds is 8. The fourth-order valence-electron chi connectivity index (χ4n) is 2.89. The van der Waals surface area contributed by atoms with Crippen LogP contribution in [0.1, 0.15) is 18.9 Å². The summed E-state index contributed by atoms with van der Waals surface area (Å²) in [6.45, 7) is 8.37. The minimum absolute atomic E-state index is 0.0315. The number of aryl methyl sites for hydroxylation is 1. The molecule has 0 radical (unpaired) electrons. The molecule has 0 aromatic heterocycles. The molecule has 7 nitrogen and oxygen atoms in total. The van der Waals surface area contributed by atoms with Crippen molar-refractivity contribution in [2.75, 3.05) is 58.4 Å². The molecular weight excluding hydrogens is 370 g/mol. The number of carbonyl (C=O) groups is 2. The first-order valence-electron chi connectivity index (χ1n) is 9.10. The Morgan fingerprint density at radius 3 is 2.63 bits per heavy atom. The zero-order chi connectivity index (χ0) is 19.8. The summed E-state index contributed by atoms with van der Waals surface area (Å²) in [5.74, 6) is 0.304. The van der Waals surface area contributed by atoms with Crippen LogP contribution in [0.15, 0.2) is 12.1 Å². The van der Waals surface area contributed by atoms with Gasteiger partial charge in [-0.3, -0.25) is 14.5 Å². The number of amides is 2. The fourth-order valence-corrected chi connectivity index (χ4v) is 3.05. The van der Waals surface area contributed by atoms with E-state index in [9.17, 15) is 9.59 Å². The van der Waals surface area contributed by atoms with E-state index in [1.807, 2.05) is 6.92 Å². The minimum Gasteiger partial charge on any atom is -0.495 e. The lowest BCUT2D eigenvalue weighted by molar-refractivity contribution is -0.129. The molecule has 0 spiro atoms. The molecule has 1 aliphatic heterocycles. The number of morpholine rings is 1. The van der Waals surface area contributed by atoms with Gasteiger partial charge in [0.1, 0.15) is 5.75 Å². The van der Waals surface area contributed by atoms with Crippen molar-refractivity contribution in [1.29, 1.82) is 0 Å². The van der Waals surface area contributed by atoms with Gasteiger partial charge in [0.05, 0.1) is 26.0 Å². The number of nitrogens with zero attached hydrogens (tertiary/aromatic N) is 2. The van der Waals surface area contributed by atoms with Gasteiger partial charge < -0.3 is 19.7 Å². The zero-order valence-electron chi connectivity index (χ0n) is 16.2. The van der Waals surface area contributed by atoms with Crippen molar-refractivity contribution in [1.82, 2.24) is 9.80 Å². The van der Waals surface area contributed by atoms with Crippen molar-refractivity contribution >= 4 is 29.1 Å². The van der Waals surface area contributed by atoms with Crippen LogP contribution in [0.25, 0.3) is 0 Å². The number of nitrogens with one attached hydrogen (secondary N) is 1. The van der Waals surface area contributed by atoms with Crippen molar-refractivity contribution in [3.05, 3.63) is 22.7 Å². The van der Waals surface area contributed by atoms with Crippen LogP contribution in [0.2, 0.25) is 5.02 Å². The van der Waals surface area contributed by atoms with Crippen LogP contribution in [0.4, 0.5) is 5.69 Å². The third kappa shape index (κ3) is 6.68. The molecule has 2 rings (SSSR count). The van der Waals surface area contributed by atoms with E-state index in [1.165, 1.54) is 14.0 Å². The fraction of sp³-hybridized carbons (Fsp3) is 0.579. The first kappa shape index (κ1) is 21.5. The zero-order valence-corrected chi connectivity index (χ0v) is 17.0. The third-order valence-electron chi connectivity index (χ3n) is 4.60. The van der Waals surface area contributed by atoms with E-state index in [0.717, 1.165) is 38.4 Å². The van der Waals surface area contributed by atoms with E-state index in [4.69, 9.17) is 21.1 Å². The number of benzene rings is 1. The van der Waals surface area contributed by atoms with Crippen LogP contribution < -0.4 is 10.1 Å². The Kier molecular flexibility index (Phi) is 8.34. The summed E-state index contributed by atoms with van der Waals surface area (Å²) in [7, 11) is 1.53. The highest BCUT2D eigenvalue weighted by Gasteiger charge is 2.16. The lowest BCUT2D eigenvalue weighted by Crippen LogP contribution is -2.43. The van der Waals surface area contributed by atoms with Crippen molar-refractivity contribution in [3.63, 3.8) is 0 Å². The minimum atomic E-state index is -0.173. The molecule has 1 saturated heterocycles. The Labute approximate surface area is 165 Å². The van der Waals surface area contributed by atoms with Crippen molar-refractivity contribution in [2.45, 2.75) is 20.3 Å². The van der Waals surface area contributed by atoms with Crippen LogP contribution in [0.3, 0.4) is 0 Å². The Hall–Kier alpha value is -1.83. The van der Waals surface area contributed by atoms with Crippen LogP contribution in [0.5, 0.6) is 5.75 Å². The normalized spacial score (nSPS) is 14.7. The molecule has 1 aromatic carbocycles. The molecule has 1 aromatic rings. The summed E-state index contributed by atoms with van der Waals surface area (Å²) in [5, 5.41) is 3.42. The number of hydrogen-bond donors (Lipinski definition) is 1. The quantitative estimate of drug-likeness (QED) is 0.727. The summed E-state index contributed by atoms with van der Waals surface area (Å²) in [5.41, 5.74) is 1.43. The maximum Gasteiger partial charge on any atom is 0.226 e. The molecule has 27 heavy (non-hydrogen) atoms. The predicted octanol–water partition coefficient (Wildman–Crippen LogP) is 2.17. The number of halogens is 1. The van der Waals surface area contributed by atoms with Crippen molar-refractivity contribution in [3.8, 4) is 5.75 Å². The molecule has 1 N–H and O–H groups in total.